The Kier molecular flexibility index (Phi) is 4.16. The molecule has 0 fully saturated rings. The van der Waals surface area contributed by atoms with Crippen LogP contribution in [0.15, 0.2) is 28.7 Å². The molecule has 1 heterocycles. The summed E-state index contributed by atoms with van der Waals surface area (Å²) in [7, 11) is 0. The molecule has 1 unspecified atom stereocenters. The van der Waals surface area contributed by atoms with Crippen molar-refractivity contribution in [1.29, 1.82) is 0 Å². The summed E-state index contributed by atoms with van der Waals surface area (Å²) in [4.78, 5) is 2.02. The average Bonchev–Trinajstić information content (AvgIpc) is 2.61. The van der Waals surface area contributed by atoms with Crippen LogP contribution in [0, 0.1) is 6.92 Å². The van der Waals surface area contributed by atoms with Crippen molar-refractivity contribution in [2.75, 3.05) is 0 Å². The summed E-state index contributed by atoms with van der Waals surface area (Å²) in [6, 6.07) is 7.15. The second-order valence-electron chi connectivity index (χ2n) is 3.65. The third-order valence-electron chi connectivity index (χ3n) is 2.34. The first-order valence-corrected chi connectivity index (χ1v) is 7.24. The van der Waals surface area contributed by atoms with Crippen LogP contribution < -0.4 is 0 Å². The van der Waals surface area contributed by atoms with Crippen molar-refractivity contribution >= 4 is 50.5 Å². The van der Waals surface area contributed by atoms with Crippen molar-refractivity contribution in [3.8, 4) is 0 Å². The zero-order chi connectivity index (χ0) is 12.6. The van der Waals surface area contributed by atoms with E-state index >= 15 is 0 Å². The lowest BCUT2D eigenvalue weighted by atomic mass is 10.1. The maximum atomic E-state index is 10.3. The van der Waals surface area contributed by atoms with Crippen LogP contribution in [-0.4, -0.2) is 5.11 Å². The van der Waals surface area contributed by atoms with Crippen LogP contribution in [0.1, 0.15) is 21.4 Å². The van der Waals surface area contributed by atoms with Crippen molar-refractivity contribution in [2.24, 2.45) is 0 Å². The smallest absolute Gasteiger partial charge is 0.114 e. The largest absolute Gasteiger partial charge is 0.383 e. The summed E-state index contributed by atoms with van der Waals surface area (Å²) in [6.07, 6.45) is -0.683. The highest BCUT2D eigenvalue weighted by Gasteiger charge is 2.17. The van der Waals surface area contributed by atoms with E-state index in [1.54, 1.807) is 29.5 Å². The number of aliphatic hydroxyl groups is 1. The number of aliphatic hydroxyl groups excluding tert-OH is 1. The minimum Gasteiger partial charge on any atom is -0.383 e. The van der Waals surface area contributed by atoms with Gasteiger partial charge in [0.05, 0.1) is 14.9 Å². The van der Waals surface area contributed by atoms with Gasteiger partial charge in [0.2, 0.25) is 0 Å². The highest BCUT2D eigenvalue weighted by Crippen LogP contribution is 2.36. The van der Waals surface area contributed by atoms with E-state index in [-0.39, 0.29) is 0 Å². The van der Waals surface area contributed by atoms with Crippen LogP contribution in [0.4, 0.5) is 0 Å². The van der Waals surface area contributed by atoms with Gasteiger partial charge in [-0.15, -0.1) is 11.3 Å². The number of aryl methyl sites for hydroxylation is 1. The molecule has 1 atom stereocenters. The van der Waals surface area contributed by atoms with Crippen molar-refractivity contribution in [3.05, 3.63) is 54.1 Å². The molecule has 5 heteroatoms. The van der Waals surface area contributed by atoms with Crippen molar-refractivity contribution in [1.82, 2.24) is 0 Å². The molecular formula is C12H9BrCl2OS. The monoisotopic (exact) mass is 350 g/mol. The number of halogens is 3. The number of hydrogen-bond acceptors (Lipinski definition) is 2. The molecule has 0 aliphatic carbocycles. The Morgan fingerprint density at radius 3 is 2.47 bits per heavy atom. The molecule has 0 radical (unpaired) electrons. The maximum Gasteiger partial charge on any atom is 0.114 e. The Balaban J connectivity index is 2.40. The van der Waals surface area contributed by atoms with Gasteiger partial charge in [-0.05, 0) is 46.6 Å². The molecule has 1 aromatic carbocycles. The molecule has 0 bridgehead atoms. The second kappa shape index (κ2) is 5.29. The molecule has 0 spiro atoms. The molecule has 0 saturated heterocycles. The lowest BCUT2D eigenvalue weighted by Crippen LogP contribution is -1.97. The predicted octanol–water partition coefficient (Wildman–Crippen LogP) is 5.21. The molecule has 0 amide bonds. The number of benzene rings is 1. The van der Waals surface area contributed by atoms with E-state index in [2.05, 4.69) is 15.9 Å². The van der Waals surface area contributed by atoms with Crippen LogP contribution in [-0.2, 0) is 0 Å². The SMILES string of the molecule is Cc1cc(Br)c(C(O)c2ccc(Cl)c(Cl)c2)s1. The Labute approximate surface area is 122 Å². The fourth-order valence-electron chi connectivity index (χ4n) is 1.52. The summed E-state index contributed by atoms with van der Waals surface area (Å²) in [5, 5.41) is 11.2. The van der Waals surface area contributed by atoms with Gasteiger partial charge in [0.25, 0.3) is 0 Å². The zero-order valence-corrected chi connectivity index (χ0v) is 12.8. The molecule has 0 saturated carbocycles. The zero-order valence-electron chi connectivity index (χ0n) is 8.88. The van der Waals surface area contributed by atoms with Crippen LogP contribution in [0.25, 0.3) is 0 Å². The fourth-order valence-corrected chi connectivity index (χ4v) is 3.71. The van der Waals surface area contributed by atoms with Gasteiger partial charge < -0.3 is 5.11 Å². The first kappa shape index (κ1) is 13.4. The molecule has 1 aromatic heterocycles. The van der Waals surface area contributed by atoms with Gasteiger partial charge in [0.15, 0.2) is 0 Å². The van der Waals surface area contributed by atoms with Gasteiger partial charge in [0, 0.05) is 9.35 Å². The van der Waals surface area contributed by atoms with Crippen LogP contribution in [0.5, 0.6) is 0 Å². The summed E-state index contributed by atoms with van der Waals surface area (Å²) in [5.74, 6) is 0. The lowest BCUT2D eigenvalue weighted by molar-refractivity contribution is 0.223. The van der Waals surface area contributed by atoms with Crippen molar-refractivity contribution in [2.45, 2.75) is 13.0 Å². The van der Waals surface area contributed by atoms with Crippen molar-refractivity contribution in [3.63, 3.8) is 0 Å². The maximum absolute atomic E-state index is 10.3. The molecule has 2 aromatic rings. The van der Waals surface area contributed by atoms with E-state index in [1.807, 2.05) is 13.0 Å². The van der Waals surface area contributed by atoms with E-state index in [0.717, 1.165) is 19.8 Å². The molecule has 0 aliphatic heterocycles. The van der Waals surface area contributed by atoms with E-state index < -0.39 is 6.10 Å². The Hall–Kier alpha value is -0.0600. The van der Waals surface area contributed by atoms with E-state index in [9.17, 15) is 5.11 Å². The van der Waals surface area contributed by atoms with Gasteiger partial charge in [-0.1, -0.05) is 29.3 Å². The normalized spacial score (nSPS) is 12.8. The molecule has 1 N–H and O–H groups in total. The summed E-state index contributed by atoms with van der Waals surface area (Å²) < 4.78 is 0.915. The Morgan fingerprint density at radius 1 is 1.24 bits per heavy atom. The third-order valence-corrected chi connectivity index (χ3v) is 5.10. The standard InChI is InChI=1S/C12H9BrCl2OS/c1-6-4-8(13)12(17-6)11(16)7-2-3-9(14)10(15)5-7/h2-5,11,16H,1H3. The van der Waals surface area contributed by atoms with Crippen LogP contribution in [0.2, 0.25) is 10.0 Å². The Morgan fingerprint density at radius 2 is 1.94 bits per heavy atom. The molecule has 2 rings (SSSR count). The average molecular weight is 352 g/mol. The van der Waals surface area contributed by atoms with E-state index in [0.29, 0.717) is 10.0 Å². The molecule has 17 heavy (non-hydrogen) atoms. The Bertz CT molecular complexity index is 553. The fraction of sp³-hybridized carbons (Fsp3) is 0.167. The first-order chi connectivity index (χ1) is 7.99. The minimum absolute atomic E-state index is 0.451. The summed E-state index contributed by atoms with van der Waals surface area (Å²) in [5.41, 5.74) is 0.738. The van der Waals surface area contributed by atoms with Crippen LogP contribution >= 0.6 is 50.5 Å². The molecule has 1 nitrogen and oxygen atoms in total. The predicted molar refractivity (Wildman–Crippen MR) is 77.3 cm³/mol. The molecule has 0 aliphatic rings. The quantitative estimate of drug-likeness (QED) is 0.787. The van der Waals surface area contributed by atoms with Gasteiger partial charge in [0.1, 0.15) is 6.10 Å². The number of thiophene rings is 1. The second-order valence-corrected chi connectivity index (χ2v) is 6.60. The van der Waals surface area contributed by atoms with Crippen molar-refractivity contribution < 1.29 is 5.11 Å². The minimum atomic E-state index is -0.683. The van der Waals surface area contributed by atoms with E-state index in [1.165, 1.54) is 0 Å². The van der Waals surface area contributed by atoms with Gasteiger partial charge in [-0.2, -0.15) is 0 Å². The summed E-state index contributed by atoms with van der Waals surface area (Å²) in [6.45, 7) is 2.00. The molecular weight excluding hydrogens is 343 g/mol. The highest BCUT2D eigenvalue weighted by atomic mass is 79.9. The number of hydrogen-bond donors (Lipinski definition) is 1. The summed E-state index contributed by atoms with van der Waals surface area (Å²) >= 11 is 16.8. The van der Waals surface area contributed by atoms with Gasteiger partial charge in [-0.3, -0.25) is 0 Å². The molecule has 90 valence electrons. The lowest BCUT2D eigenvalue weighted by Gasteiger charge is -2.10. The van der Waals surface area contributed by atoms with Gasteiger partial charge in [-0.25, -0.2) is 0 Å². The number of rotatable bonds is 2. The van der Waals surface area contributed by atoms with E-state index in [4.69, 9.17) is 23.2 Å². The van der Waals surface area contributed by atoms with Crippen LogP contribution in [0.3, 0.4) is 0 Å². The highest BCUT2D eigenvalue weighted by molar-refractivity contribution is 9.10. The van der Waals surface area contributed by atoms with Gasteiger partial charge >= 0.3 is 0 Å². The third kappa shape index (κ3) is 2.85. The topological polar surface area (TPSA) is 20.2 Å². The first-order valence-electron chi connectivity index (χ1n) is 4.88.